The maximum Gasteiger partial charge on any atom is 0.175 e. The van der Waals surface area contributed by atoms with Gasteiger partial charge in [0.25, 0.3) is 0 Å². The Bertz CT molecular complexity index is 543. The fourth-order valence-corrected chi connectivity index (χ4v) is 3.17. The van der Waals surface area contributed by atoms with Crippen molar-refractivity contribution in [2.24, 2.45) is 0 Å². The van der Waals surface area contributed by atoms with Crippen molar-refractivity contribution in [3.05, 3.63) is 28.8 Å². The van der Waals surface area contributed by atoms with Crippen LogP contribution in [0.2, 0.25) is 5.02 Å². The van der Waals surface area contributed by atoms with Crippen LogP contribution in [0.4, 0.5) is 0 Å². The minimum atomic E-state index is -3.29. The molecule has 1 aromatic rings. The third-order valence-electron chi connectivity index (χ3n) is 2.34. The van der Waals surface area contributed by atoms with E-state index >= 15 is 0 Å². The lowest BCUT2D eigenvalue weighted by molar-refractivity contribution is 0.599. The second kappa shape index (κ2) is 6.65. The third-order valence-corrected chi connectivity index (χ3v) is 4.66. The molecule has 0 aliphatic carbocycles. The topological polar surface area (TPSA) is 63.2 Å². The molecule has 1 atom stereocenters. The largest absolute Gasteiger partial charge is 0.312 e. The molecular formula is C11H16ClNO3S2. The third kappa shape index (κ3) is 4.68. The summed E-state index contributed by atoms with van der Waals surface area (Å²) in [5, 5.41) is 3.46. The van der Waals surface area contributed by atoms with Crippen molar-refractivity contribution in [3.8, 4) is 0 Å². The van der Waals surface area contributed by atoms with Crippen molar-refractivity contribution < 1.29 is 12.6 Å². The molecule has 1 unspecified atom stereocenters. The van der Waals surface area contributed by atoms with Gasteiger partial charge in [0.15, 0.2) is 9.84 Å². The van der Waals surface area contributed by atoms with Crippen LogP contribution in [0.3, 0.4) is 0 Å². The smallest absolute Gasteiger partial charge is 0.175 e. The molecule has 18 heavy (non-hydrogen) atoms. The summed E-state index contributed by atoms with van der Waals surface area (Å²) in [5.74, 6) is 0.526. The lowest BCUT2D eigenvalue weighted by Gasteiger charge is -2.10. The maximum absolute atomic E-state index is 11.6. The van der Waals surface area contributed by atoms with Gasteiger partial charge in [-0.15, -0.1) is 0 Å². The average molecular weight is 310 g/mol. The first-order valence-corrected chi connectivity index (χ1v) is 9.30. The van der Waals surface area contributed by atoms with Gasteiger partial charge in [-0.25, -0.2) is 8.42 Å². The monoisotopic (exact) mass is 309 g/mol. The standard InChI is InChI=1S/C11H16ClNO3S2/c1-17(14)7-6-13-8-9-10(12)4-3-5-11(9)18(2,15)16/h3-5,13H,6-8H2,1-2H3. The zero-order valence-electron chi connectivity index (χ0n) is 10.3. The molecule has 0 aromatic heterocycles. The van der Waals surface area contributed by atoms with E-state index in [9.17, 15) is 12.6 Å². The number of hydrogen-bond acceptors (Lipinski definition) is 4. The molecule has 0 amide bonds. The highest BCUT2D eigenvalue weighted by molar-refractivity contribution is 7.90. The Morgan fingerprint density at radius 2 is 2.06 bits per heavy atom. The predicted octanol–water partition coefficient (Wildman–Crippen LogP) is 1.21. The Labute approximate surface area is 115 Å². The fourth-order valence-electron chi connectivity index (χ4n) is 1.49. The first kappa shape index (κ1) is 15.6. The van der Waals surface area contributed by atoms with Gasteiger partial charge < -0.3 is 5.32 Å². The number of rotatable bonds is 6. The highest BCUT2D eigenvalue weighted by Crippen LogP contribution is 2.23. The van der Waals surface area contributed by atoms with Gasteiger partial charge in [0.1, 0.15) is 0 Å². The van der Waals surface area contributed by atoms with Crippen molar-refractivity contribution in [2.75, 3.05) is 24.8 Å². The summed E-state index contributed by atoms with van der Waals surface area (Å²) in [5.41, 5.74) is 0.559. The number of sulfone groups is 1. The summed E-state index contributed by atoms with van der Waals surface area (Å²) in [6, 6.07) is 4.81. The Kier molecular flexibility index (Phi) is 5.78. The van der Waals surface area contributed by atoms with E-state index in [1.165, 1.54) is 6.07 Å². The minimum Gasteiger partial charge on any atom is -0.312 e. The van der Waals surface area contributed by atoms with Crippen molar-refractivity contribution in [2.45, 2.75) is 11.4 Å². The van der Waals surface area contributed by atoms with Crippen LogP contribution < -0.4 is 5.32 Å². The van der Waals surface area contributed by atoms with Crippen LogP contribution >= 0.6 is 11.6 Å². The highest BCUT2D eigenvalue weighted by Gasteiger charge is 2.15. The number of hydrogen-bond donors (Lipinski definition) is 1. The van der Waals surface area contributed by atoms with E-state index in [1.807, 2.05) is 0 Å². The van der Waals surface area contributed by atoms with Crippen LogP contribution in [-0.2, 0) is 27.2 Å². The van der Waals surface area contributed by atoms with Crippen LogP contribution in [0.5, 0.6) is 0 Å². The molecule has 7 heteroatoms. The molecular weight excluding hydrogens is 294 g/mol. The summed E-state index contributed by atoms with van der Waals surface area (Å²) in [6.07, 6.45) is 2.78. The van der Waals surface area contributed by atoms with Crippen molar-refractivity contribution >= 4 is 32.2 Å². The lowest BCUT2D eigenvalue weighted by atomic mass is 10.2. The molecule has 0 heterocycles. The predicted molar refractivity (Wildman–Crippen MR) is 75.2 cm³/mol. The second-order valence-electron chi connectivity index (χ2n) is 3.94. The SMILES string of the molecule is CS(=O)CCNCc1c(Cl)cccc1S(C)(=O)=O. The normalized spacial score (nSPS) is 13.5. The van der Waals surface area contributed by atoms with Crippen molar-refractivity contribution in [1.29, 1.82) is 0 Å². The molecule has 102 valence electrons. The van der Waals surface area contributed by atoms with E-state index in [4.69, 9.17) is 11.6 Å². The zero-order valence-corrected chi connectivity index (χ0v) is 12.7. The summed E-state index contributed by atoms with van der Waals surface area (Å²) >= 11 is 6.01. The van der Waals surface area contributed by atoms with Crippen molar-refractivity contribution in [1.82, 2.24) is 5.32 Å². The molecule has 0 radical (unpaired) electrons. The van der Waals surface area contributed by atoms with Crippen LogP contribution in [0.15, 0.2) is 23.1 Å². The Morgan fingerprint density at radius 3 is 2.61 bits per heavy atom. The second-order valence-corrected chi connectivity index (χ2v) is 7.89. The van der Waals surface area contributed by atoms with Crippen molar-refractivity contribution in [3.63, 3.8) is 0 Å². The van der Waals surface area contributed by atoms with Gasteiger partial charge >= 0.3 is 0 Å². The molecule has 0 saturated carbocycles. The molecule has 1 N–H and O–H groups in total. The first-order valence-electron chi connectivity index (χ1n) is 5.30. The Morgan fingerprint density at radius 1 is 1.39 bits per heavy atom. The number of nitrogens with one attached hydrogen (secondary N) is 1. The summed E-state index contributed by atoms with van der Waals surface area (Å²) in [6.45, 7) is 0.900. The quantitative estimate of drug-likeness (QED) is 0.802. The zero-order chi connectivity index (χ0) is 13.8. The summed E-state index contributed by atoms with van der Waals surface area (Å²) < 4.78 is 34.1. The van der Waals surface area contributed by atoms with Gasteiger partial charge in [0.05, 0.1) is 4.90 Å². The number of halogens is 1. The van der Waals surface area contributed by atoms with Gasteiger partial charge in [-0.1, -0.05) is 17.7 Å². The van der Waals surface area contributed by atoms with Gasteiger partial charge in [0, 0.05) is 52.7 Å². The van der Waals surface area contributed by atoms with Crippen LogP contribution in [0.25, 0.3) is 0 Å². The van der Waals surface area contributed by atoms with Gasteiger partial charge in [-0.2, -0.15) is 0 Å². The molecule has 0 spiro atoms. The fraction of sp³-hybridized carbons (Fsp3) is 0.455. The highest BCUT2D eigenvalue weighted by atomic mass is 35.5. The van der Waals surface area contributed by atoms with E-state index in [1.54, 1.807) is 18.4 Å². The molecule has 1 rings (SSSR count). The average Bonchev–Trinajstić information content (AvgIpc) is 2.24. The Balaban J connectivity index is 2.84. The van der Waals surface area contributed by atoms with Crippen LogP contribution in [-0.4, -0.2) is 37.4 Å². The molecule has 0 bridgehead atoms. The first-order chi connectivity index (χ1) is 8.32. The van der Waals surface area contributed by atoms with E-state index in [2.05, 4.69) is 5.32 Å². The minimum absolute atomic E-state index is 0.236. The molecule has 1 aromatic carbocycles. The van der Waals surface area contributed by atoms with E-state index < -0.39 is 20.6 Å². The van der Waals surface area contributed by atoms with Gasteiger partial charge in [-0.05, 0) is 12.1 Å². The number of benzene rings is 1. The van der Waals surface area contributed by atoms with E-state index in [-0.39, 0.29) is 4.90 Å². The molecule has 4 nitrogen and oxygen atoms in total. The van der Waals surface area contributed by atoms with Gasteiger partial charge in [0.2, 0.25) is 0 Å². The molecule has 0 saturated heterocycles. The van der Waals surface area contributed by atoms with Gasteiger partial charge in [-0.3, -0.25) is 4.21 Å². The van der Waals surface area contributed by atoms with Crippen LogP contribution in [0.1, 0.15) is 5.56 Å². The Hall–Kier alpha value is -0.430. The molecule has 0 aliphatic rings. The van der Waals surface area contributed by atoms with E-state index in [0.29, 0.717) is 29.4 Å². The van der Waals surface area contributed by atoms with Crippen LogP contribution in [0, 0.1) is 0 Å². The lowest BCUT2D eigenvalue weighted by Crippen LogP contribution is -2.21. The molecule has 0 fully saturated rings. The maximum atomic E-state index is 11.6. The summed E-state index contributed by atoms with van der Waals surface area (Å²) in [4.78, 5) is 0.236. The van der Waals surface area contributed by atoms with E-state index in [0.717, 1.165) is 6.26 Å². The summed E-state index contributed by atoms with van der Waals surface area (Å²) in [7, 11) is -4.16. The molecule has 0 aliphatic heterocycles.